The molecule has 0 spiro atoms. The maximum Gasteiger partial charge on any atom is 0.323 e. The van der Waals surface area contributed by atoms with Crippen LogP contribution in [0.3, 0.4) is 0 Å². The van der Waals surface area contributed by atoms with E-state index in [9.17, 15) is 19.2 Å². The molecule has 2 rings (SSSR count). The van der Waals surface area contributed by atoms with Crippen LogP contribution >= 0.6 is 0 Å². The predicted octanol–water partition coefficient (Wildman–Crippen LogP) is 3.86. The van der Waals surface area contributed by atoms with Gasteiger partial charge in [0.1, 0.15) is 35.2 Å². The summed E-state index contributed by atoms with van der Waals surface area (Å²) in [5, 5.41) is 0. The average molecular weight is 867 g/mol. The van der Waals surface area contributed by atoms with E-state index in [0.717, 1.165) is 5.56 Å². The van der Waals surface area contributed by atoms with Crippen LogP contribution in [0.5, 0.6) is 5.75 Å². The first kappa shape index (κ1) is 53.8. The Bertz CT molecular complexity index is 1380. The average Bonchev–Trinajstić information content (AvgIpc) is 3.13. The SMILES string of the molecule is CCOCCOCCOCCOc1ccc(CC(C(=O)OCC)N2CCN(CC(=O)OC(C)(C)C)CCN(CC(=O)OC(C)(C)C)CCN(CC(=O)OC(C)(C)C)CC2)cc1. The van der Waals surface area contributed by atoms with Gasteiger partial charge in [-0.2, -0.15) is 0 Å². The molecule has 16 heteroatoms. The summed E-state index contributed by atoms with van der Waals surface area (Å²) in [7, 11) is 0. The Morgan fingerprint density at radius 1 is 0.525 bits per heavy atom. The fourth-order valence-electron chi connectivity index (χ4n) is 6.36. The molecule has 0 bridgehead atoms. The van der Waals surface area contributed by atoms with Crippen LogP contribution in [-0.2, 0) is 58.8 Å². The molecular formula is C45H78N4O12. The van der Waals surface area contributed by atoms with Gasteiger partial charge in [-0.05, 0) is 100 Å². The maximum atomic E-state index is 13.8. The Balaban J connectivity index is 2.33. The molecule has 1 aliphatic heterocycles. The van der Waals surface area contributed by atoms with Gasteiger partial charge in [-0.3, -0.25) is 38.8 Å². The van der Waals surface area contributed by atoms with E-state index in [0.29, 0.717) is 111 Å². The highest BCUT2D eigenvalue weighted by Crippen LogP contribution is 2.18. The van der Waals surface area contributed by atoms with Crippen LogP contribution in [0.1, 0.15) is 81.7 Å². The zero-order valence-electron chi connectivity index (χ0n) is 39.2. The summed E-state index contributed by atoms with van der Waals surface area (Å²) in [6.45, 7) is 27.3. The molecule has 61 heavy (non-hydrogen) atoms. The molecule has 1 fully saturated rings. The number of nitrogens with zero attached hydrogens (tertiary/aromatic N) is 4. The lowest BCUT2D eigenvalue weighted by Crippen LogP contribution is -2.53. The molecule has 1 aromatic rings. The third-order valence-electron chi connectivity index (χ3n) is 8.99. The van der Waals surface area contributed by atoms with Gasteiger partial charge in [0.25, 0.3) is 0 Å². The second-order valence-corrected chi connectivity index (χ2v) is 18.0. The van der Waals surface area contributed by atoms with Crippen molar-refractivity contribution in [2.75, 3.05) is 125 Å². The van der Waals surface area contributed by atoms with Crippen molar-refractivity contribution in [2.24, 2.45) is 0 Å². The summed E-state index contributed by atoms with van der Waals surface area (Å²) >= 11 is 0. The summed E-state index contributed by atoms with van der Waals surface area (Å²) < 4.78 is 45.0. The molecule has 0 saturated carbocycles. The van der Waals surface area contributed by atoms with E-state index < -0.39 is 22.8 Å². The highest BCUT2D eigenvalue weighted by atomic mass is 16.6. The van der Waals surface area contributed by atoms with Gasteiger partial charge in [-0.15, -0.1) is 0 Å². The number of carbonyl (C=O) groups excluding carboxylic acids is 4. The molecule has 0 N–H and O–H groups in total. The highest BCUT2D eigenvalue weighted by Gasteiger charge is 2.31. The first-order valence-corrected chi connectivity index (χ1v) is 21.8. The van der Waals surface area contributed by atoms with Crippen molar-refractivity contribution >= 4 is 23.9 Å². The Labute approximate surface area is 365 Å². The normalized spacial score (nSPS) is 16.5. The number of carbonyl (C=O) groups is 4. The minimum absolute atomic E-state index is 0.0228. The molecular weight excluding hydrogens is 789 g/mol. The second kappa shape index (κ2) is 27.6. The smallest absolute Gasteiger partial charge is 0.323 e. The van der Waals surface area contributed by atoms with Gasteiger partial charge >= 0.3 is 23.9 Å². The number of ether oxygens (including phenoxy) is 8. The van der Waals surface area contributed by atoms with E-state index in [1.807, 2.05) is 108 Å². The molecule has 1 saturated heterocycles. The van der Waals surface area contributed by atoms with Gasteiger partial charge in [0.05, 0.1) is 59.3 Å². The van der Waals surface area contributed by atoms with E-state index in [1.54, 1.807) is 6.92 Å². The zero-order chi connectivity index (χ0) is 45.5. The summed E-state index contributed by atoms with van der Waals surface area (Å²) in [5.41, 5.74) is -1.08. The molecule has 1 atom stereocenters. The van der Waals surface area contributed by atoms with Crippen LogP contribution in [0.2, 0.25) is 0 Å². The molecule has 0 aromatic heterocycles. The van der Waals surface area contributed by atoms with E-state index in [1.165, 1.54) is 0 Å². The fraction of sp³-hybridized carbons (Fsp3) is 0.778. The third-order valence-corrected chi connectivity index (χ3v) is 8.99. The quantitative estimate of drug-likeness (QED) is 0.0941. The Hall–Kier alpha value is -3.38. The van der Waals surface area contributed by atoms with Crippen LogP contribution in [-0.4, -0.2) is 191 Å². The van der Waals surface area contributed by atoms with Crippen LogP contribution in [0, 0.1) is 0 Å². The van der Waals surface area contributed by atoms with Crippen LogP contribution < -0.4 is 4.74 Å². The van der Waals surface area contributed by atoms with Crippen LogP contribution in [0.25, 0.3) is 0 Å². The third kappa shape index (κ3) is 26.0. The molecule has 350 valence electrons. The van der Waals surface area contributed by atoms with Gasteiger partial charge in [-0.1, -0.05) is 12.1 Å². The topological polar surface area (TPSA) is 155 Å². The first-order valence-electron chi connectivity index (χ1n) is 21.8. The Morgan fingerprint density at radius 2 is 0.902 bits per heavy atom. The molecule has 0 amide bonds. The maximum absolute atomic E-state index is 13.8. The van der Waals surface area contributed by atoms with Gasteiger partial charge in [0, 0.05) is 59.0 Å². The number of benzene rings is 1. The summed E-state index contributed by atoms with van der Waals surface area (Å²) in [6.07, 6.45) is 0.354. The van der Waals surface area contributed by atoms with Crippen LogP contribution in [0.4, 0.5) is 0 Å². The summed E-state index contributed by atoms with van der Waals surface area (Å²) in [6, 6.07) is 6.95. The van der Waals surface area contributed by atoms with E-state index >= 15 is 0 Å². The first-order chi connectivity index (χ1) is 28.7. The summed E-state index contributed by atoms with van der Waals surface area (Å²) in [4.78, 5) is 61.3. The molecule has 0 aliphatic carbocycles. The monoisotopic (exact) mass is 867 g/mol. The van der Waals surface area contributed by atoms with Gasteiger partial charge < -0.3 is 37.9 Å². The summed E-state index contributed by atoms with van der Waals surface area (Å²) in [5.74, 6) is -0.788. The zero-order valence-corrected chi connectivity index (χ0v) is 39.2. The van der Waals surface area contributed by atoms with Crippen LogP contribution in [0.15, 0.2) is 24.3 Å². The number of hydrogen-bond donors (Lipinski definition) is 0. The second-order valence-electron chi connectivity index (χ2n) is 18.0. The standard InChI is InChI=1S/C45H78N4O12/c1-12-54-26-27-55-28-29-56-30-31-58-37-16-14-36(15-17-37)32-38(42(53)57-13-2)49-24-22-47(34-40(51)60-44(6,7)8)20-18-46(33-39(50)59-43(3,4)5)19-21-48(23-25-49)35-41(52)61-45(9,10)11/h14-17,38H,12-13,18-35H2,1-11H3. The van der Waals surface area contributed by atoms with Gasteiger partial charge in [-0.25, -0.2) is 0 Å². The predicted molar refractivity (Wildman–Crippen MR) is 233 cm³/mol. The van der Waals surface area contributed by atoms with Gasteiger partial charge in [0.2, 0.25) is 0 Å². The number of hydrogen-bond acceptors (Lipinski definition) is 16. The number of esters is 4. The largest absolute Gasteiger partial charge is 0.491 e. The van der Waals surface area contributed by atoms with Crippen molar-refractivity contribution in [3.05, 3.63) is 29.8 Å². The van der Waals surface area contributed by atoms with Crippen molar-refractivity contribution in [3.8, 4) is 5.75 Å². The molecule has 1 aliphatic rings. The molecule has 1 unspecified atom stereocenters. The highest BCUT2D eigenvalue weighted by molar-refractivity contribution is 5.76. The van der Waals surface area contributed by atoms with Crippen molar-refractivity contribution in [2.45, 2.75) is 105 Å². The lowest BCUT2D eigenvalue weighted by atomic mass is 10.0. The minimum atomic E-state index is -0.672. The fourth-order valence-corrected chi connectivity index (χ4v) is 6.36. The minimum Gasteiger partial charge on any atom is -0.491 e. The van der Waals surface area contributed by atoms with Crippen molar-refractivity contribution in [1.82, 2.24) is 19.6 Å². The van der Waals surface area contributed by atoms with Crippen molar-refractivity contribution < 1.29 is 57.1 Å². The molecule has 16 nitrogen and oxygen atoms in total. The van der Waals surface area contributed by atoms with E-state index in [2.05, 4.69) is 4.90 Å². The molecule has 1 heterocycles. The van der Waals surface area contributed by atoms with Crippen molar-refractivity contribution in [3.63, 3.8) is 0 Å². The lowest BCUT2D eigenvalue weighted by molar-refractivity contribution is -0.159. The number of rotatable bonds is 22. The lowest BCUT2D eigenvalue weighted by Gasteiger charge is -2.36. The molecule has 1 aromatic carbocycles. The van der Waals surface area contributed by atoms with Gasteiger partial charge in [0.15, 0.2) is 0 Å². The van der Waals surface area contributed by atoms with Crippen molar-refractivity contribution in [1.29, 1.82) is 0 Å². The Kier molecular flexibility index (Phi) is 24.3. The molecule has 0 radical (unpaired) electrons. The van der Waals surface area contributed by atoms with E-state index in [-0.39, 0.29) is 50.1 Å². The Morgan fingerprint density at radius 3 is 1.28 bits per heavy atom. The van der Waals surface area contributed by atoms with E-state index in [4.69, 9.17) is 37.9 Å².